The van der Waals surface area contributed by atoms with E-state index in [1.54, 1.807) is 0 Å². The lowest BCUT2D eigenvalue weighted by atomic mass is 10.0. The van der Waals surface area contributed by atoms with Crippen molar-refractivity contribution in [3.05, 3.63) is 84.2 Å². The molecule has 0 spiro atoms. The number of rotatable bonds is 3. The summed E-state index contributed by atoms with van der Waals surface area (Å²) < 4.78 is 1.99. The van der Waals surface area contributed by atoms with E-state index in [-0.39, 0.29) is 7.43 Å². The third-order valence-corrected chi connectivity index (χ3v) is 3.74. The normalized spacial score (nSPS) is 9.74. The van der Waals surface area contributed by atoms with Gasteiger partial charge in [0.05, 0.1) is 5.56 Å². The van der Waals surface area contributed by atoms with Crippen molar-refractivity contribution in [2.75, 3.05) is 0 Å². The maximum absolute atomic E-state index is 9.40. The lowest BCUT2D eigenvalue weighted by Gasteiger charge is -2.03. The molecule has 0 amide bonds. The number of nitrogens with zero attached hydrogens (tertiary/aromatic N) is 2. The van der Waals surface area contributed by atoms with Crippen molar-refractivity contribution in [2.45, 2.75) is 14.4 Å². The van der Waals surface area contributed by atoms with Crippen LogP contribution < -0.4 is 0 Å². The molecule has 2 heteroatoms. The molecule has 3 aromatic rings. The van der Waals surface area contributed by atoms with Crippen molar-refractivity contribution >= 4 is 6.08 Å². The summed E-state index contributed by atoms with van der Waals surface area (Å²) >= 11 is 0. The van der Waals surface area contributed by atoms with Crippen molar-refractivity contribution in [1.82, 2.24) is 4.57 Å². The van der Waals surface area contributed by atoms with Crippen LogP contribution in [0.5, 0.6) is 0 Å². The second kappa shape index (κ2) is 6.81. The van der Waals surface area contributed by atoms with Crippen LogP contribution >= 0.6 is 0 Å². The third kappa shape index (κ3) is 3.25. The highest BCUT2D eigenvalue weighted by Gasteiger charge is 2.09. The zero-order valence-corrected chi connectivity index (χ0v) is 12.5. The summed E-state index contributed by atoms with van der Waals surface area (Å²) in [5, 5.41) is 9.40. The lowest BCUT2D eigenvalue weighted by molar-refractivity contribution is 1.08. The first-order valence-corrected chi connectivity index (χ1v) is 7.13. The van der Waals surface area contributed by atoms with Gasteiger partial charge >= 0.3 is 0 Å². The van der Waals surface area contributed by atoms with Crippen LogP contribution in [-0.4, -0.2) is 4.57 Å². The van der Waals surface area contributed by atoms with Crippen LogP contribution in [0.3, 0.4) is 0 Å². The topological polar surface area (TPSA) is 28.7 Å². The molecule has 0 N–H and O–H groups in total. The number of benzene rings is 2. The Morgan fingerprint density at radius 1 is 1.00 bits per heavy atom. The smallest absolute Gasteiger partial charge is 0.101 e. The predicted octanol–water partition coefficient (Wildman–Crippen LogP) is 5.60. The molecule has 23 heavy (non-hydrogen) atoms. The maximum atomic E-state index is 9.40. The minimum Gasteiger partial charge on any atom is -0.322 e. The first-order valence-electron chi connectivity index (χ1n) is 7.13. The molecular formula is C21H20N2. The number of aromatic nitrogens is 1. The van der Waals surface area contributed by atoms with Crippen molar-refractivity contribution in [1.29, 1.82) is 5.26 Å². The predicted molar refractivity (Wildman–Crippen MR) is 97.5 cm³/mol. The van der Waals surface area contributed by atoms with Gasteiger partial charge in [-0.2, -0.15) is 5.26 Å². The molecular weight excluding hydrogens is 280 g/mol. The molecule has 1 aromatic heterocycles. The molecule has 0 aliphatic rings. The van der Waals surface area contributed by atoms with E-state index < -0.39 is 0 Å². The van der Waals surface area contributed by atoms with Gasteiger partial charge in [-0.1, -0.05) is 62.0 Å². The summed E-state index contributed by atoms with van der Waals surface area (Å²) in [6.07, 6.45) is 5.70. The Morgan fingerprint density at radius 2 is 1.65 bits per heavy atom. The van der Waals surface area contributed by atoms with Crippen LogP contribution in [0.4, 0.5) is 0 Å². The van der Waals surface area contributed by atoms with E-state index in [0.717, 1.165) is 22.4 Å². The number of hydrogen-bond donors (Lipinski definition) is 0. The summed E-state index contributed by atoms with van der Waals surface area (Å²) in [5.74, 6) is 0. The maximum Gasteiger partial charge on any atom is 0.101 e. The van der Waals surface area contributed by atoms with E-state index in [2.05, 4.69) is 43.8 Å². The van der Waals surface area contributed by atoms with Gasteiger partial charge in [0.2, 0.25) is 0 Å². The molecule has 2 nitrogen and oxygen atoms in total. The van der Waals surface area contributed by atoms with Crippen LogP contribution in [0, 0.1) is 18.3 Å². The van der Waals surface area contributed by atoms with E-state index in [4.69, 9.17) is 0 Å². The first kappa shape index (κ1) is 16.3. The van der Waals surface area contributed by atoms with Crippen LogP contribution in [-0.2, 0) is 0 Å². The quantitative estimate of drug-likeness (QED) is 0.618. The lowest BCUT2D eigenvalue weighted by Crippen LogP contribution is -1.89. The fourth-order valence-corrected chi connectivity index (χ4v) is 2.44. The van der Waals surface area contributed by atoms with Crippen molar-refractivity contribution in [3.8, 4) is 22.9 Å². The molecule has 0 aliphatic carbocycles. The highest BCUT2D eigenvalue weighted by Crippen LogP contribution is 2.26. The van der Waals surface area contributed by atoms with Gasteiger partial charge in [0, 0.05) is 23.6 Å². The Hall–Kier alpha value is -3.05. The van der Waals surface area contributed by atoms with Gasteiger partial charge in [0.1, 0.15) is 6.07 Å². The Kier molecular flexibility index (Phi) is 4.83. The summed E-state index contributed by atoms with van der Waals surface area (Å²) in [6.45, 7) is 5.82. The molecule has 0 fully saturated rings. The zero-order valence-electron chi connectivity index (χ0n) is 12.5. The molecule has 114 valence electrons. The zero-order chi connectivity index (χ0) is 15.5. The van der Waals surface area contributed by atoms with E-state index >= 15 is 0 Å². The summed E-state index contributed by atoms with van der Waals surface area (Å²) in [4.78, 5) is 0. The fourth-order valence-electron chi connectivity index (χ4n) is 2.44. The summed E-state index contributed by atoms with van der Waals surface area (Å²) in [7, 11) is 0. The Morgan fingerprint density at radius 3 is 2.22 bits per heavy atom. The van der Waals surface area contributed by atoms with Gasteiger partial charge in [0.15, 0.2) is 0 Å². The first-order chi connectivity index (χ1) is 10.7. The SMILES string of the molecule is C.C=Cc1ccc(-n2cc(C#N)c(-c3ccc(C)cc3)c2)cc1. The fraction of sp³-hybridized carbons (Fsp3) is 0.0952. The van der Waals surface area contributed by atoms with E-state index in [0.29, 0.717) is 5.56 Å². The molecule has 0 saturated carbocycles. The molecule has 0 unspecified atom stereocenters. The number of nitriles is 1. The number of hydrogen-bond acceptors (Lipinski definition) is 1. The second-order valence-corrected chi connectivity index (χ2v) is 5.27. The second-order valence-electron chi connectivity index (χ2n) is 5.27. The molecule has 0 aliphatic heterocycles. The minimum absolute atomic E-state index is 0. The van der Waals surface area contributed by atoms with E-state index in [1.165, 1.54) is 5.56 Å². The summed E-state index contributed by atoms with van der Waals surface area (Å²) in [6, 6.07) is 18.6. The van der Waals surface area contributed by atoms with Gasteiger partial charge in [-0.3, -0.25) is 0 Å². The third-order valence-electron chi connectivity index (χ3n) is 3.74. The average molecular weight is 300 g/mol. The minimum atomic E-state index is 0. The van der Waals surface area contributed by atoms with Crippen molar-refractivity contribution in [3.63, 3.8) is 0 Å². The molecule has 0 atom stereocenters. The van der Waals surface area contributed by atoms with Crippen LogP contribution in [0.2, 0.25) is 0 Å². The molecule has 2 aromatic carbocycles. The van der Waals surface area contributed by atoms with Crippen molar-refractivity contribution < 1.29 is 0 Å². The average Bonchev–Trinajstić information content (AvgIpc) is 3.00. The number of aryl methyl sites for hydroxylation is 1. The van der Waals surface area contributed by atoms with Crippen LogP contribution in [0.25, 0.3) is 22.9 Å². The largest absolute Gasteiger partial charge is 0.322 e. The van der Waals surface area contributed by atoms with Gasteiger partial charge in [-0.25, -0.2) is 0 Å². The van der Waals surface area contributed by atoms with Crippen LogP contribution in [0.15, 0.2) is 67.5 Å². The van der Waals surface area contributed by atoms with Crippen molar-refractivity contribution in [2.24, 2.45) is 0 Å². The molecule has 0 saturated heterocycles. The Balaban J connectivity index is 0.00000192. The molecule has 0 bridgehead atoms. The Labute approximate surface area is 137 Å². The monoisotopic (exact) mass is 300 g/mol. The van der Waals surface area contributed by atoms with Gasteiger partial charge < -0.3 is 4.57 Å². The summed E-state index contributed by atoms with van der Waals surface area (Å²) in [5.41, 5.74) is 6.01. The highest BCUT2D eigenvalue weighted by atomic mass is 14.9. The molecule has 3 rings (SSSR count). The highest BCUT2D eigenvalue weighted by molar-refractivity contribution is 5.71. The van der Waals surface area contributed by atoms with E-state index in [9.17, 15) is 5.26 Å². The van der Waals surface area contributed by atoms with Gasteiger partial charge in [-0.15, -0.1) is 0 Å². The molecule has 0 radical (unpaired) electrons. The Bertz CT molecular complexity index is 844. The van der Waals surface area contributed by atoms with E-state index in [1.807, 2.05) is 47.3 Å². The van der Waals surface area contributed by atoms with Crippen LogP contribution in [0.1, 0.15) is 24.1 Å². The standard InChI is InChI=1S/C20H16N2.CH4/c1-3-16-6-10-19(11-7-16)22-13-18(12-21)20(14-22)17-8-4-15(2)5-9-17;/h3-11,13-14H,1H2,2H3;1H4. The van der Waals surface area contributed by atoms with Gasteiger partial charge in [-0.05, 0) is 30.2 Å². The molecule has 1 heterocycles. The van der Waals surface area contributed by atoms with Gasteiger partial charge in [0.25, 0.3) is 0 Å².